The zero-order chi connectivity index (χ0) is 12.4. The molecule has 0 saturated carbocycles. The Bertz CT molecular complexity index is 397. The van der Waals surface area contributed by atoms with Gasteiger partial charge in [0.15, 0.2) is 11.6 Å². The first-order valence-corrected chi connectivity index (χ1v) is 6.21. The Morgan fingerprint density at radius 2 is 2.29 bits per heavy atom. The number of aromatic nitrogens is 1. The maximum atomic E-state index is 14.1. The van der Waals surface area contributed by atoms with Crippen molar-refractivity contribution in [3.05, 3.63) is 23.6 Å². The summed E-state index contributed by atoms with van der Waals surface area (Å²) in [5.74, 6) is 0.0237. The number of halogens is 1. The molecule has 2 heterocycles. The highest BCUT2D eigenvalue weighted by Gasteiger charge is 2.32. The first kappa shape index (κ1) is 12.3. The van der Waals surface area contributed by atoms with Gasteiger partial charge < -0.3 is 10.0 Å². The average Bonchev–Trinajstić information content (AvgIpc) is 2.71. The van der Waals surface area contributed by atoms with E-state index in [2.05, 4.69) is 23.7 Å². The third kappa shape index (κ3) is 2.14. The van der Waals surface area contributed by atoms with Gasteiger partial charge >= 0.3 is 0 Å². The van der Waals surface area contributed by atoms with E-state index in [-0.39, 0.29) is 12.4 Å². The summed E-state index contributed by atoms with van der Waals surface area (Å²) in [6.07, 6.45) is 4.72. The Labute approximate surface area is 101 Å². The summed E-state index contributed by atoms with van der Waals surface area (Å²) in [6.45, 7) is 3.94. The van der Waals surface area contributed by atoms with Crippen molar-refractivity contribution in [2.24, 2.45) is 0 Å². The molecule has 1 aliphatic heterocycles. The lowest BCUT2D eigenvalue weighted by Crippen LogP contribution is -2.35. The zero-order valence-electron chi connectivity index (χ0n) is 10.4. The SMILES string of the molecule is CCC1CCC(C)N1c1nccc(CO)c1F. The molecule has 1 fully saturated rings. The van der Waals surface area contributed by atoms with Gasteiger partial charge in [0, 0.05) is 23.8 Å². The predicted octanol–water partition coefficient (Wildman–Crippen LogP) is 2.48. The van der Waals surface area contributed by atoms with Gasteiger partial charge in [0.1, 0.15) is 0 Å². The molecule has 2 rings (SSSR count). The lowest BCUT2D eigenvalue weighted by molar-refractivity contribution is 0.275. The Morgan fingerprint density at radius 1 is 1.53 bits per heavy atom. The van der Waals surface area contributed by atoms with E-state index in [1.807, 2.05) is 0 Å². The second kappa shape index (κ2) is 5.00. The Morgan fingerprint density at radius 3 is 2.94 bits per heavy atom. The van der Waals surface area contributed by atoms with E-state index in [0.717, 1.165) is 19.3 Å². The second-order valence-corrected chi connectivity index (χ2v) is 4.66. The molecule has 17 heavy (non-hydrogen) atoms. The first-order chi connectivity index (χ1) is 8.19. The quantitative estimate of drug-likeness (QED) is 0.879. The average molecular weight is 238 g/mol. The van der Waals surface area contributed by atoms with Gasteiger partial charge in [-0.15, -0.1) is 0 Å². The maximum Gasteiger partial charge on any atom is 0.171 e. The third-order valence-electron chi connectivity index (χ3n) is 3.62. The minimum Gasteiger partial charge on any atom is -0.392 e. The minimum absolute atomic E-state index is 0.277. The highest BCUT2D eigenvalue weighted by Crippen LogP contribution is 2.32. The van der Waals surface area contributed by atoms with Gasteiger partial charge in [0.25, 0.3) is 0 Å². The molecule has 0 aliphatic carbocycles. The Hall–Kier alpha value is -1.16. The minimum atomic E-state index is -0.373. The van der Waals surface area contributed by atoms with E-state index in [9.17, 15) is 4.39 Å². The van der Waals surface area contributed by atoms with Crippen LogP contribution in [0.5, 0.6) is 0 Å². The van der Waals surface area contributed by atoms with E-state index < -0.39 is 0 Å². The van der Waals surface area contributed by atoms with Crippen LogP contribution >= 0.6 is 0 Å². The molecular weight excluding hydrogens is 219 g/mol. The molecule has 0 radical (unpaired) electrons. The highest BCUT2D eigenvalue weighted by atomic mass is 19.1. The molecule has 3 nitrogen and oxygen atoms in total. The number of hydrogen-bond acceptors (Lipinski definition) is 3. The highest BCUT2D eigenvalue weighted by molar-refractivity contribution is 5.46. The summed E-state index contributed by atoms with van der Waals surface area (Å²) in [6, 6.07) is 2.21. The number of anilines is 1. The van der Waals surface area contributed by atoms with Crippen molar-refractivity contribution in [1.29, 1.82) is 0 Å². The van der Waals surface area contributed by atoms with Crippen LogP contribution in [0.15, 0.2) is 12.3 Å². The van der Waals surface area contributed by atoms with Crippen LogP contribution in [0.3, 0.4) is 0 Å². The molecule has 1 aliphatic rings. The Balaban J connectivity index is 2.38. The molecule has 1 saturated heterocycles. The van der Waals surface area contributed by atoms with Crippen molar-refractivity contribution in [2.75, 3.05) is 4.90 Å². The summed E-state index contributed by atoms with van der Waals surface area (Å²) in [4.78, 5) is 6.22. The zero-order valence-corrected chi connectivity index (χ0v) is 10.4. The van der Waals surface area contributed by atoms with Crippen molar-refractivity contribution in [1.82, 2.24) is 4.98 Å². The van der Waals surface area contributed by atoms with Crippen molar-refractivity contribution in [3.63, 3.8) is 0 Å². The van der Waals surface area contributed by atoms with Gasteiger partial charge in [-0.2, -0.15) is 0 Å². The maximum absolute atomic E-state index is 14.1. The molecule has 1 aromatic rings. The van der Waals surface area contributed by atoms with Crippen LogP contribution in [0.2, 0.25) is 0 Å². The van der Waals surface area contributed by atoms with Crippen molar-refractivity contribution >= 4 is 5.82 Å². The van der Waals surface area contributed by atoms with Gasteiger partial charge in [-0.3, -0.25) is 0 Å². The fraction of sp³-hybridized carbons (Fsp3) is 0.615. The Kier molecular flexibility index (Phi) is 3.62. The van der Waals surface area contributed by atoms with Crippen molar-refractivity contribution in [3.8, 4) is 0 Å². The lowest BCUT2D eigenvalue weighted by atomic mass is 10.1. The number of pyridine rings is 1. The molecule has 94 valence electrons. The van der Waals surface area contributed by atoms with Crippen molar-refractivity contribution in [2.45, 2.75) is 51.8 Å². The molecule has 4 heteroatoms. The molecule has 0 aromatic carbocycles. The van der Waals surface area contributed by atoms with Gasteiger partial charge in [0.2, 0.25) is 0 Å². The van der Waals surface area contributed by atoms with E-state index in [1.165, 1.54) is 6.07 Å². The molecule has 0 bridgehead atoms. The fourth-order valence-electron chi connectivity index (χ4n) is 2.63. The van der Waals surface area contributed by atoms with Crippen LogP contribution in [0, 0.1) is 5.82 Å². The van der Waals surface area contributed by atoms with Crippen LogP contribution < -0.4 is 4.90 Å². The van der Waals surface area contributed by atoms with Crippen LogP contribution in [-0.2, 0) is 6.61 Å². The summed E-state index contributed by atoms with van der Waals surface area (Å²) >= 11 is 0. The molecule has 2 unspecified atom stereocenters. The largest absolute Gasteiger partial charge is 0.392 e. The van der Waals surface area contributed by atoms with Crippen LogP contribution in [0.4, 0.5) is 10.2 Å². The fourth-order valence-corrected chi connectivity index (χ4v) is 2.63. The number of aliphatic hydroxyl groups is 1. The van der Waals surface area contributed by atoms with Gasteiger partial charge in [-0.1, -0.05) is 6.92 Å². The normalized spacial score (nSPS) is 24.4. The smallest absolute Gasteiger partial charge is 0.171 e. The number of nitrogens with zero attached hydrogens (tertiary/aromatic N) is 2. The topological polar surface area (TPSA) is 36.4 Å². The summed E-state index contributed by atoms with van der Waals surface area (Å²) in [5, 5.41) is 9.09. The molecule has 1 N–H and O–H groups in total. The molecule has 2 atom stereocenters. The monoisotopic (exact) mass is 238 g/mol. The second-order valence-electron chi connectivity index (χ2n) is 4.66. The summed E-state index contributed by atoms with van der Waals surface area (Å²) in [5.41, 5.74) is 0.323. The van der Waals surface area contributed by atoms with Crippen LogP contribution in [-0.4, -0.2) is 22.2 Å². The van der Waals surface area contributed by atoms with Gasteiger partial charge in [-0.25, -0.2) is 9.37 Å². The number of rotatable bonds is 3. The summed E-state index contributed by atoms with van der Waals surface area (Å²) in [7, 11) is 0. The van der Waals surface area contributed by atoms with Crippen molar-refractivity contribution < 1.29 is 9.50 Å². The standard InChI is InChI=1S/C13H19FN2O/c1-3-11-5-4-9(2)16(11)13-12(14)10(8-17)6-7-15-13/h6-7,9,11,17H,3-5,8H2,1-2H3. The van der Waals surface area contributed by atoms with E-state index >= 15 is 0 Å². The van der Waals surface area contributed by atoms with Gasteiger partial charge in [0.05, 0.1) is 6.61 Å². The van der Waals surface area contributed by atoms with Gasteiger partial charge in [-0.05, 0) is 32.3 Å². The third-order valence-corrected chi connectivity index (χ3v) is 3.62. The van der Waals surface area contributed by atoms with E-state index in [1.54, 1.807) is 6.20 Å². The van der Waals surface area contributed by atoms with E-state index in [0.29, 0.717) is 23.5 Å². The van der Waals surface area contributed by atoms with E-state index in [4.69, 9.17) is 5.11 Å². The molecule has 0 spiro atoms. The number of hydrogen-bond donors (Lipinski definition) is 1. The molecule has 1 aromatic heterocycles. The van der Waals surface area contributed by atoms with Crippen LogP contribution in [0.25, 0.3) is 0 Å². The first-order valence-electron chi connectivity index (χ1n) is 6.21. The predicted molar refractivity (Wildman–Crippen MR) is 65.4 cm³/mol. The lowest BCUT2D eigenvalue weighted by Gasteiger charge is -2.29. The van der Waals surface area contributed by atoms with Crippen LogP contribution in [0.1, 0.15) is 38.7 Å². The summed E-state index contributed by atoms with van der Waals surface area (Å²) < 4.78 is 14.1. The molecular formula is C13H19FN2O. The number of aliphatic hydroxyl groups excluding tert-OH is 1. The molecule has 0 amide bonds.